The van der Waals surface area contributed by atoms with Crippen LogP contribution in [0.3, 0.4) is 0 Å². The van der Waals surface area contributed by atoms with Crippen molar-refractivity contribution in [2.24, 2.45) is 5.73 Å². The molecule has 0 aromatic heterocycles. The molecule has 1 saturated heterocycles. The van der Waals surface area contributed by atoms with E-state index in [4.69, 9.17) is 17.3 Å². The summed E-state index contributed by atoms with van der Waals surface area (Å²) in [6, 6.07) is 17.3. The van der Waals surface area contributed by atoms with Crippen molar-refractivity contribution in [3.8, 4) is 0 Å². The second-order valence-electron chi connectivity index (χ2n) is 7.28. The van der Waals surface area contributed by atoms with E-state index >= 15 is 0 Å². The third-order valence-corrected chi connectivity index (χ3v) is 5.30. The maximum absolute atomic E-state index is 12.9. The van der Waals surface area contributed by atoms with Crippen LogP contribution in [-0.4, -0.2) is 60.9 Å². The van der Waals surface area contributed by atoms with Crippen molar-refractivity contribution in [1.82, 2.24) is 9.80 Å². The number of primary amides is 1. The molecule has 2 N–H and O–H groups in total. The highest BCUT2D eigenvalue weighted by atomic mass is 35.5. The maximum atomic E-state index is 12.9. The van der Waals surface area contributed by atoms with Gasteiger partial charge in [-0.05, 0) is 29.8 Å². The van der Waals surface area contributed by atoms with Crippen molar-refractivity contribution in [2.75, 3.05) is 44.2 Å². The Labute approximate surface area is 176 Å². The fourth-order valence-corrected chi connectivity index (χ4v) is 3.72. The molecule has 0 spiro atoms. The monoisotopic (exact) mass is 414 g/mol. The third-order valence-electron chi connectivity index (χ3n) is 5.07. The van der Waals surface area contributed by atoms with Crippen molar-refractivity contribution in [3.63, 3.8) is 0 Å². The van der Waals surface area contributed by atoms with Gasteiger partial charge >= 0.3 is 0 Å². The summed E-state index contributed by atoms with van der Waals surface area (Å²) in [5.74, 6) is -0.422. The summed E-state index contributed by atoms with van der Waals surface area (Å²) >= 11 is 6.07. The molecule has 0 atom stereocenters. The average molecular weight is 415 g/mol. The van der Waals surface area contributed by atoms with E-state index in [2.05, 4.69) is 15.9 Å². The van der Waals surface area contributed by atoms with E-state index in [1.54, 1.807) is 4.90 Å². The summed E-state index contributed by atoms with van der Waals surface area (Å²) in [6.45, 7) is 4.93. The zero-order valence-corrected chi connectivity index (χ0v) is 17.2. The number of anilines is 1. The predicted molar refractivity (Wildman–Crippen MR) is 116 cm³/mol. The van der Waals surface area contributed by atoms with Crippen LogP contribution in [0.1, 0.15) is 12.0 Å². The van der Waals surface area contributed by atoms with Crippen LogP contribution in [0.4, 0.5) is 5.69 Å². The number of carbonyl (C=O) groups excluding carboxylic acids is 2. The van der Waals surface area contributed by atoms with E-state index in [0.717, 1.165) is 43.4 Å². The number of benzene rings is 2. The number of nitrogens with zero attached hydrogens (tertiary/aromatic N) is 3. The number of nitrogens with two attached hydrogens (primary N) is 1. The van der Waals surface area contributed by atoms with Gasteiger partial charge in [-0.2, -0.15) is 0 Å². The first-order chi connectivity index (χ1) is 14.0. The van der Waals surface area contributed by atoms with Gasteiger partial charge in [0.25, 0.3) is 0 Å². The van der Waals surface area contributed by atoms with Crippen molar-refractivity contribution in [3.05, 3.63) is 65.2 Å². The average Bonchev–Trinajstić information content (AvgIpc) is 2.70. The van der Waals surface area contributed by atoms with Crippen molar-refractivity contribution in [2.45, 2.75) is 13.0 Å². The molecule has 0 radical (unpaired) electrons. The minimum Gasteiger partial charge on any atom is -0.370 e. The zero-order valence-electron chi connectivity index (χ0n) is 16.5. The van der Waals surface area contributed by atoms with Gasteiger partial charge in [0, 0.05) is 56.4 Å². The fraction of sp³-hybridized carbons (Fsp3) is 0.364. The molecule has 7 heteroatoms. The molecule has 2 aromatic carbocycles. The lowest BCUT2D eigenvalue weighted by molar-refractivity contribution is -0.120. The standard InChI is InChI=1S/C22H27ClN4O2/c23-19-6-4-5-18(15-19)16-25-11-13-26(14-12-25)17-22(29)27(10-9-21(24)28)20-7-2-1-3-8-20/h1-8,15H,9-14,16-17H2,(H2,24,28). The van der Waals surface area contributed by atoms with Gasteiger partial charge in [0.05, 0.1) is 6.54 Å². The molecule has 2 amide bonds. The van der Waals surface area contributed by atoms with Gasteiger partial charge in [-0.3, -0.25) is 19.4 Å². The molecule has 0 saturated carbocycles. The Balaban J connectivity index is 1.53. The van der Waals surface area contributed by atoms with Crippen LogP contribution in [0.15, 0.2) is 54.6 Å². The molecule has 1 fully saturated rings. The van der Waals surface area contributed by atoms with Gasteiger partial charge in [-0.1, -0.05) is 41.9 Å². The van der Waals surface area contributed by atoms with Gasteiger partial charge in [0.2, 0.25) is 11.8 Å². The van der Waals surface area contributed by atoms with E-state index in [9.17, 15) is 9.59 Å². The number of para-hydroxylation sites is 1. The molecule has 2 aromatic rings. The van der Waals surface area contributed by atoms with Crippen LogP contribution < -0.4 is 10.6 Å². The van der Waals surface area contributed by atoms with Crippen LogP contribution in [0.2, 0.25) is 5.02 Å². The van der Waals surface area contributed by atoms with Crippen LogP contribution in [0, 0.1) is 0 Å². The molecule has 1 aliphatic heterocycles. The van der Waals surface area contributed by atoms with Gasteiger partial charge in [-0.15, -0.1) is 0 Å². The number of rotatable bonds is 8. The number of halogens is 1. The molecule has 1 heterocycles. The minimum atomic E-state index is -0.409. The van der Waals surface area contributed by atoms with Gasteiger partial charge in [0.15, 0.2) is 0 Å². The van der Waals surface area contributed by atoms with E-state index in [1.165, 1.54) is 5.56 Å². The lowest BCUT2D eigenvalue weighted by atomic mass is 10.2. The minimum absolute atomic E-state index is 0.0132. The second-order valence-corrected chi connectivity index (χ2v) is 7.72. The number of hydrogen-bond acceptors (Lipinski definition) is 4. The zero-order chi connectivity index (χ0) is 20.6. The van der Waals surface area contributed by atoms with Crippen LogP contribution in [0.5, 0.6) is 0 Å². The Kier molecular flexibility index (Phi) is 7.63. The number of carbonyl (C=O) groups is 2. The molecule has 3 rings (SSSR count). The summed E-state index contributed by atoms with van der Waals surface area (Å²) in [5, 5.41) is 0.753. The van der Waals surface area contributed by atoms with Gasteiger partial charge in [0.1, 0.15) is 0 Å². The first-order valence-corrected chi connectivity index (χ1v) is 10.2. The molecule has 154 valence electrons. The number of piperazine rings is 1. The lowest BCUT2D eigenvalue weighted by Gasteiger charge is -2.35. The summed E-state index contributed by atoms with van der Waals surface area (Å²) in [6.07, 6.45) is 0.147. The van der Waals surface area contributed by atoms with E-state index in [1.807, 2.05) is 48.5 Å². The predicted octanol–water partition coefficient (Wildman–Crippen LogP) is 2.37. The summed E-state index contributed by atoms with van der Waals surface area (Å²) in [7, 11) is 0. The molecule has 0 bridgehead atoms. The largest absolute Gasteiger partial charge is 0.370 e. The Bertz CT molecular complexity index is 823. The smallest absolute Gasteiger partial charge is 0.241 e. The Morgan fingerprint density at radius 2 is 1.66 bits per heavy atom. The number of amides is 2. The van der Waals surface area contributed by atoms with E-state index < -0.39 is 5.91 Å². The Morgan fingerprint density at radius 1 is 0.966 bits per heavy atom. The molecule has 1 aliphatic rings. The van der Waals surface area contributed by atoms with E-state index in [0.29, 0.717) is 13.1 Å². The Hall–Kier alpha value is -2.41. The Morgan fingerprint density at radius 3 is 2.31 bits per heavy atom. The lowest BCUT2D eigenvalue weighted by Crippen LogP contribution is -2.50. The first kappa shape index (κ1) is 21.3. The maximum Gasteiger partial charge on any atom is 0.241 e. The second kappa shape index (κ2) is 10.4. The van der Waals surface area contributed by atoms with Crippen molar-refractivity contribution >= 4 is 29.1 Å². The molecular formula is C22H27ClN4O2. The normalized spacial score (nSPS) is 15.2. The first-order valence-electron chi connectivity index (χ1n) is 9.84. The van der Waals surface area contributed by atoms with Gasteiger partial charge < -0.3 is 10.6 Å². The molecular weight excluding hydrogens is 388 g/mol. The fourth-order valence-electron chi connectivity index (χ4n) is 3.50. The quantitative estimate of drug-likeness (QED) is 0.720. The van der Waals surface area contributed by atoms with E-state index in [-0.39, 0.29) is 12.3 Å². The molecule has 29 heavy (non-hydrogen) atoms. The van der Waals surface area contributed by atoms with Gasteiger partial charge in [-0.25, -0.2) is 0 Å². The summed E-state index contributed by atoms with van der Waals surface area (Å²) < 4.78 is 0. The van der Waals surface area contributed by atoms with Crippen molar-refractivity contribution in [1.29, 1.82) is 0 Å². The highest BCUT2D eigenvalue weighted by Crippen LogP contribution is 2.16. The van der Waals surface area contributed by atoms with Crippen LogP contribution >= 0.6 is 11.6 Å². The number of hydrogen-bond donors (Lipinski definition) is 1. The molecule has 6 nitrogen and oxygen atoms in total. The van der Waals surface area contributed by atoms with Crippen LogP contribution in [-0.2, 0) is 16.1 Å². The molecule has 0 unspecified atom stereocenters. The highest BCUT2D eigenvalue weighted by Gasteiger charge is 2.23. The highest BCUT2D eigenvalue weighted by molar-refractivity contribution is 6.30. The van der Waals surface area contributed by atoms with Crippen LogP contribution in [0.25, 0.3) is 0 Å². The summed E-state index contributed by atoms with van der Waals surface area (Å²) in [4.78, 5) is 30.3. The third kappa shape index (κ3) is 6.56. The van der Waals surface area contributed by atoms with Crippen molar-refractivity contribution < 1.29 is 9.59 Å². The molecule has 0 aliphatic carbocycles. The topological polar surface area (TPSA) is 69.9 Å². The SMILES string of the molecule is NC(=O)CCN(C(=O)CN1CCN(Cc2cccc(Cl)c2)CC1)c1ccccc1. The summed E-state index contributed by atoms with van der Waals surface area (Å²) in [5.41, 5.74) is 7.28.